The molecule has 6 heteroatoms. The van der Waals surface area contributed by atoms with Gasteiger partial charge in [0.25, 0.3) is 5.91 Å². The molecule has 0 radical (unpaired) electrons. The summed E-state index contributed by atoms with van der Waals surface area (Å²) in [6.45, 7) is 5.75. The Morgan fingerprint density at radius 1 is 1.38 bits per heavy atom. The first-order valence-electron chi connectivity index (χ1n) is 7.67. The van der Waals surface area contributed by atoms with Gasteiger partial charge in [0.1, 0.15) is 6.61 Å². The van der Waals surface area contributed by atoms with Gasteiger partial charge in [0.2, 0.25) is 5.43 Å². The van der Waals surface area contributed by atoms with Crippen molar-refractivity contribution in [2.75, 3.05) is 5.84 Å². The van der Waals surface area contributed by atoms with E-state index >= 15 is 0 Å². The maximum Gasteiger partial charge on any atom is 0.274 e. The highest BCUT2D eigenvalue weighted by molar-refractivity contribution is 5.95. The van der Waals surface area contributed by atoms with Gasteiger partial charge in [0, 0.05) is 18.3 Å². The van der Waals surface area contributed by atoms with Crippen LogP contribution in [0.3, 0.4) is 0 Å². The number of nitrogens with zero attached hydrogens (tertiary/aromatic N) is 1. The number of amides is 1. The highest BCUT2D eigenvalue weighted by Gasteiger charge is 2.21. The second-order valence-corrected chi connectivity index (χ2v) is 5.26. The SMILES string of the molecule is C=CC(CC)NC(=O)c1c(OCc2ccccc2)c(=O)ccn1N. The molecule has 0 saturated carbocycles. The standard InChI is InChI=1S/C18H21N3O3/c1-3-14(4-2)20-18(23)16-17(15(22)10-11-21(16)19)24-12-13-8-6-5-7-9-13/h3,5-11,14H,1,4,12,19H2,2H3,(H,20,23). The Kier molecular flexibility index (Phi) is 5.78. The molecule has 1 aromatic carbocycles. The Bertz CT molecular complexity index is 769. The number of nitrogen functional groups attached to an aromatic ring is 1. The van der Waals surface area contributed by atoms with Gasteiger partial charge < -0.3 is 15.9 Å². The van der Waals surface area contributed by atoms with Gasteiger partial charge in [-0.2, -0.15) is 0 Å². The van der Waals surface area contributed by atoms with Crippen molar-refractivity contribution in [1.29, 1.82) is 0 Å². The monoisotopic (exact) mass is 327 g/mol. The van der Waals surface area contributed by atoms with Crippen LogP contribution in [0, 0.1) is 0 Å². The van der Waals surface area contributed by atoms with Gasteiger partial charge in [-0.3, -0.25) is 14.3 Å². The van der Waals surface area contributed by atoms with Crippen molar-refractivity contribution in [2.45, 2.75) is 26.0 Å². The highest BCUT2D eigenvalue weighted by atomic mass is 16.5. The fraction of sp³-hybridized carbons (Fsp3) is 0.222. The highest BCUT2D eigenvalue weighted by Crippen LogP contribution is 2.14. The van der Waals surface area contributed by atoms with Crippen molar-refractivity contribution in [3.63, 3.8) is 0 Å². The third kappa shape index (κ3) is 4.04. The lowest BCUT2D eigenvalue weighted by molar-refractivity contribution is 0.0929. The summed E-state index contributed by atoms with van der Waals surface area (Å²) in [5, 5.41) is 2.76. The van der Waals surface area contributed by atoms with E-state index in [1.54, 1.807) is 6.08 Å². The normalized spacial score (nSPS) is 11.5. The zero-order chi connectivity index (χ0) is 17.5. The van der Waals surface area contributed by atoms with Crippen LogP contribution in [0.25, 0.3) is 0 Å². The average Bonchev–Trinajstić information content (AvgIpc) is 2.60. The van der Waals surface area contributed by atoms with Crippen molar-refractivity contribution in [3.05, 3.63) is 76.7 Å². The first-order valence-corrected chi connectivity index (χ1v) is 7.67. The Morgan fingerprint density at radius 3 is 2.71 bits per heavy atom. The molecule has 0 bridgehead atoms. The Morgan fingerprint density at radius 2 is 2.08 bits per heavy atom. The van der Waals surface area contributed by atoms with Gasteiger partial charge in [-0.1, -0.05) is 43.3 Å². The van der Waals surface area contributed by atoms with E-state index in [0.29, 0.717) is 6.42 Å². The average molecular weight is 327 g/mol. The van der Waals surface area contributed by atoms with Crippen molar-refractivity contribution in [3.8, 4) is 5.75 Å². The lowest BCUT2D eigenvalue weighted by Gasteiger charge is -2.17. The van der Waals surface area contributed by atoms with E-state index in [-0.39, 0.29) is 24.1 Å². The van der Waals surface area contributed by atoms with Crippen LogP contribution >= 0.6 is 0 Å². The first-order chi connectivity index (χ1) is 11.6. The molecule has 1 atom stereocenters. The van der Waals surface area contributed by atoms with E-state index < -0.39 is 11.3 Å². The second-order valence-electron chi connectivity index (χ2n) is 5.26. The number of rotatable bonds is 7. The lowest BCUT2D eigenvalue weighted by atomic mass is 10.2. The van der Waals surface area contributed by atoms with Crippen LogP contribution in [0.15, 0.2) is 60.0 Å². The molecule has 24 heavy (non-hydrogen) atoms. The fourth-order valence-corrected chi connectivity index (χ4v) is 2.19. The van der Waals surface area contributed by atoms with Crippen LogP contribution in [-0.2, 0) is 6.61 Å². The topological polar surface area (TPSA) is 86.3 Å². The number of ether oxygens (including phenoxy) is 1. The molecule has 0 aliphatic carbocycles. The molecule has 0 aliphatic heterocycles. The minimum atomic E-state index is -0.481. The number of hydrogen-bond acceptors (Lipinski definition) is 4. The largest absolute Gasteiger partial charge is 0.482 e. The molecule has 126 valence electrons. The molecule has 0 saturated heterocycles. The third-order valence-electron chi connectivity index (χ3n) is 3.57. The van der Waals surface area contributed by atoms with Crippen LogP contribution in [0.4, 0.5) is 0 Å². The molecule has 3 N–H and O–H groups in total. The number of pyridine rings is 1. The van der Waals surface area contributed by atoms with Gasteiger partial charge in [-0.05, 0) is 12.0 Å². The van der Waals surface area contributed by atoms with Crippen LogP contribution in [0.5, 0.6) is 5.75 Å². The molecular weight excluding hydrogens is 306 g/mol. The smallest absolute Gasteiger partial charge is 0.274 e. The molecular formula is C18H21N3O3. The summed E-state index contributed by atoms with van der Waals surface area (Å²) in [6.07, 6.45) is 3.64. The summed E-state index contributed by atoms with van der Waals surface area (Å²) in [4.78, 5) is 24.6. The molecule has 2 aromatic rings. The van der Waals surface area contributed by atoms with Crippen LogP contribution in [0.2, 0.25) is 0 Å². The van der Waals surface area contributed by atoms with Crippen molar-refractivity contribution >= 4 is 5.91 Å². The molecule has 1 unspecified atom stereocenters. The van der Waals surface area contributed by atoms with Gasteiger partial charge in [0.15, 0.2) is 11.4 Å². The summed E-state index contributed by atoms with van der Waals surface area (Å²) in [6, 6.07) is 10.4. The molecule has 0 spiro atoms. The van der Waals surface area contributed by atoms with Crippen molar-refractivity contribution in [1.82, 2.24) is 9.99 Å². The predicted octanol–water partition coefficient (Wildman–Crippen LogP) is 1.84. The molecule has 2 rings (SSSR count). The molecule has 6 nitrogen and oxygen atoms in total. The molecule has 0 fully saturated rings. The van der Waals surface area contributed by atoms with Crippen molar-refractivity contribution < 1.29 is 9.53 Å². The maximum atomic E-state index is 12.5. The van der Waals surface area contributed by atoms with E-state index in [9.17, 15) is 9.59 Å². The number of nitrogens with one attached hydrogen (secondary N) is 1. The Labute approximate surface area is 140 Å². The molecule has 1 aromatic heterocycles. The van der Waals surface area contributed by atoms with E-state index in [1.165, 1.54) is 12.3 Å². The van der Waals surface area contributed by atoms with Gasteiger partial charge in [0.05, 0.1) is 0 Å². The number of benzene rings is 1. The summed E-state index contributed by atoms with van der Waals surface area (Å²) in [5.41, 5.74) is 0.469. The lowest BCUT2D eigenvalue weighted by Crippen LogP contribution is -2.37. The second kappa shape index (κ2) is 8.01. The maximum absolute atomic E-state index is 12.5. The number of hydrogen-bond donors (Lipinski definition) is 2. The first kappa shape index (κ1) is 17.3. The van der Waals surface area contributed by atoms with Gasteiger partial charge >= 0.3 is 0 Å². The van der Waals surface area contributed by atoms with E-state index in [1.807, 2.05) is 37.3 Å². The van der Waals surface area contributed by atoms with Crippen LogP contribution in [0.1, 0.15) is 29.4 Å². The summed E-state index contributed by atoms with van der Waals surface area (Å²) in [5.74, 6) is 5.28. The molecule has 1 heterocycles. The van der Waals surface area contributed by atoms with E-state index in [2.05, 4.69) is 11.9 Å². The number of carbonyl (C=O) groups is 1. The zero-order valence-corrected chi connectivity index (χ0v) is 13.6. The van der Waals surface area contributed by atoms with Crippen molar-refractivity contribution in [2.24, 2.45) is 0 Å². The fourth-order valence-electron chi connectivity index (χ4n) is 2.19. The Hall–Kier alpha value is -3.02. The molecule has 1 amide bonds. The summed E-state index contributed by atoms with van der Waals surface area (Å²) < 4.78 is 6.69. The minimum absolute atomic E-state index is 0.0151. The number of aromatic nitrogens is 1. The number of nitrogens with two attached hydrogens (primary N) is 1. The van der Waals surface area contributed by atoms with Gasteiger partial charge in [-0.25, -0.2) is 0 Å². The predicted molar refractivity (Wildman–Crippen MR) is 93.4 cm³/mol. The number of carbonyl (C=O) groups excluding carboxylic acids is 1. The van der Waals surface area contributed by atoms with Gasteiger partial charge in [-0.15, -0.1) is 6.58 Å². The van der Waals surface area contributed by atoms with Crippen LogP contribution in [-0.4, -0.2) is 16.6 Å². The molecule has 0 aliphatic rings. The summed E-state index contributed by atoms with van der Waals surface area (Å²) in [7, 11) is 0. The van der Waals surface area contributed by atoms with E-state index in [4.69, 9.17) is 10.6 Å². The quantitative estimate of drug-likeness (QED) is 0.600. The zero-order valence-electron chi connectivity index (χ0n) is 13.6. The Balaban J connectivity index is 2.30. The summed E-state index contributed by atoms with van der Waals surface area (Å²) >= 11 is 0. The minimum Gasteiger partial charge on any atom is -0.482 e. The van der Waals surface area contributed by atoms with Crippen LogP contribution < -0.4 is 21.3 Å². The third-order valence-corrected chi connectivity index (χ3v) is 3.57. The van der Waals surface area contributed by atoms with E-state index in [0.717, 1.165) is 10.2 Å².